The Hall–Kier alpha value is -3.49. The molecule has 0 bridgehead atoms. The number of fused-ring (bicyclic) bond motifs is 1. The number of carbonyl (C=O) groups is 2. The van der Waals surface area contributed by atoms with E-state index in [1.54, 1.807) is 42.6 Å². The van der Waals surface area contributed by atoms with Crippen LogP contribution in [0.25, 0.3) is 16.5 Å². The highest BCUT2D eigenvalue weighted by molar-refractivity contribution is 7.16. The van der Waals surface area contributed by atoms with Gasteiger partial charge in [0.15, 0.2) is 5.69 Å². The SMILES string of the molecule is CCOC(=O)c1nn(-c2ccc(C(C)C)cc2)c(=O)c2c(NC(=O)c3cccc(Cl)c3)scc12. The number of anilines is 1. The fourth-order valence-corrected chi connectivity index (χ4v) is 4.59. The molecular formula is C25H22ClN3O4S. The summed E-state index contributed by atoms with van der Waals surface area (Å²) in [5.41, 5.74) is 1.50. The second kappa shape index (κ2) is 9.79. The van der Waals surface area contributed by atoms with E-state index in [9.17, 15) is 14.4 Å². The van der Waals surface area contributed by atoms with Crippen LogP contribution >= 0.6 is 22.9 Å². The standard InChI is InChI=1S/C25H22ClN3O4S/c1-4-33-25(32)21-19-13-34-23(27-22(30)16-6-5-7-17(26)12-16)20(19)24(31)29(28-21)18-10-8-15(9-11-18)14(2)3/h5-14H,4H2,1-3H3,(H,27,30). The summed E-state index contributed by atoms with van der Waals surface area (Å²) in [5.74, 6) is -0.750. The van der Waals surface area contributed by atoms with Gasteiger partial charge in [-0.1, -0.05) is 43.6 Å². The highest BCUT2D eigenvalue weighted by Gasteiger charge is 2.23. The van der Waals surface area contributed by atoms with Gasteiger partial charge in [-0.2, -0.15) is 9.78 Å². The summed E-state index contributed by atoms with van der Waals surface area (Å²) in [6, 6.07) is 13.9. The van der Waals surface area contributed by atoms with E-state index in [-0.39, 0.29) is 17.7 Å². The van der Waals surface area contributed by atoms with Crippen molar-refractivity contribution in [3.63, 3.8) is 0 Å². The minimum Gasteiger partial charge on any atom is -0.461 e. The monoisotopic (exact) mass is 495 g/mol. The number of thiophene rings is 1. The van der Waals surface area contributed by atoms with Crippen molar-refractivity contribution in [3.8, 4) is 5.69 Å². The van der Waals surface area contributed by atoms with Crippen molar-refractivity contribution in [1.29, 1.82) is 0 Å². The first-order valence-corrected chi connectivity index (χ1v) is 11.9. The van der Waals surface area contributed by atoms with Gasteiger partial charge in [0, 0.05) is 21.4 Å². The molecule has 7 nitrogen and oxygen atoms in total. The first kappa shape index (κ1) is 23.7. The summed E-state index contributed by atoms with van der Waals surface area (Å²) in [6.45, 7) is 6.00. The van der Waals surface area contributed by atoms with Gasteiger partial charge in [-0.3, -0.25) is 9.59 Å². The predicted molar refractivity (Wildman–Crippen MR) is 135 cm³/mol. The number of hydrogen-bond acceptors (Lipinski definition) is 6. The number of aromatic nitrogens is 2. The lowest BCUT2D eigenvalue weighted by atomic mass is 10.0. The van der Waals surface area contributed by atoms with E-state index in [2.05, 4.69) is 24.3 Å². The normalized spacial score (nSPS) is 11.1. The number of hydrogen-bond donors (Lipinski definition) is 1. The highest BCUT2D eigenvalue weighted by atomic mass is 35.5. The number of esters is 1. The van der Waals surface area contributed by atoms with Crippen LogP contribution in [0.2, 0.25) is 5.02 Å². The number of nitrogens with one attached hydrogen (secondary N) is 1. The Morgan fingerprint density at radius 2 is 1.91 bits per heavy atom. The van der Waals surface area contributed by atoms with Crippen molar-refractivity contribution in [3.05, 3.63) is 86.1 Å². The summed E-state index contributed by atoms with van der Waals surface area (Å²) < 4.78 is 6.34. The molecule has 0 unspecified atom stereocenters. The molecule has 174 valence electrons. The Bertz CT molecular complexity index is 1440. The first-order chi connectivity index (χ1) is 16.3. The Morgan fingerprint density at radius 3 is 2.56 bits per heavy atom. The number of nitrogens with zero attached hydrogens (tertiary/aromatic N) is 2. The molecule has 2 aromatic heterocycles. The van der Waals surface area contributed by atoms with Gasteiger partial charge in [0.2, 0.25) is 0 Å². The van der Waals surface area contributed by atoms with E-state index in [1.165, 1.54) is 10.7 Å². The number of ether oxygens (including phenoxy) is 1. The van der Waals surface area contributed by atoms with Gasteiger partial charge in [-0.25, -0.2) is 4.79 Å². The molecule has 4 aromatic rings. The Kier molecular flexibility index (Phi) is 6.81. The summed E-state index contributed by atoms with van der Waals surface area (Å²) in [4.78, 5) is 39.0. The zero-order chi connectivity index (χ0) is 24.4. The third kappa shape index (κ3) is 4.60. The van der Waals surface area contributed by atoms with Crippen LogP contribution in [-0.2, 0) is 4.74 Å². The topological polar surface area (TPSA) is 90.3 Å². The number of carbonyl (C=O) groups excluding carboxylic acids is 2. The lowest BCUT2D eigenvalue weighted by molar-refractivity contribution is 0.0520. The Balaban J connectivity index is 1.86. The van der Waals surface area contributed by atoms with Crippen molar-refractivity contribution in [2.45, 2.75) is 26.7 Å². The van der Waals surface area contributed by atoms with Crippen LogP contribution in [0.4, 0.5) is 5.00 Å². The van der Waals surface area contributed by atoms with E-state index < -0.39 is 17.4 Å². The molecule has 9 heteroatoms. The van der Waals surface area contributed by atoms with Crippen molar-refractivity contribution >= 4 is 50.6 Å². The maximum atomic E-state index is 13.5. The van der Waals surface area contributed by atoms with Crippen molar-refractivity contribution < 1.29 is 14.3 Å². The van der Waals surface area contributed by atoms with Crippen LogP contribution in [0.3, 0.4) is 0 Å². The van der Waals surface area contributed by atoms with Gasteiger partial charge in [-0.05, 0) is 48.7 Å². The number of amides is 1. The molecule has 2 heterocycles. The van der Waals surface area contributed by atoms with Crippen LogP contribution in [0.1, 0.15) is 53.1 Å². The van der Waals surface area contributed by atoms with Crippen molar-refractivity contribution in [1.82, 2.24) is 9.78 Å². The fraction of sp³-hybridized carbons (Fsp3) is 0.200. The quantitative estimate of drug-likeness (QED) is 0.349. The number of rotatable bonds is 6. The Labute approximate surface area is 204 Å². The molecular weight excluding hydrogens is 474 g/mol. The van der Waals surface area contributed by atoms with E-state index in [0.29, 0.717) is 32.6 Å². The van der Waals surface area contributed by atoms with E-state index >= 15 is 0 Å². The molecule has 0 aliphatic carbocycles. The van der Waals surface area contributed by atoms with Gasteiger partial charge in [0.05, 0.1) is 17.7 Å². The van der Waals surface area contributed by atoms with Crippen molar-refractivity contribution in [2.24, 2.45) is 0 Å². The second-order valence-corrected chi connectivity index (χ2v) is 9.17. The predicted octanol–water partition coefficient (Wildman–Crippen LogP) is 5.65. The zero-order valence-electron chi connectivity index (χ0n) is 18.8. The summed E-state index contributed by atoms with van der Waals surface area (Å²) >= 11 is 7.14. The molecule has 0 spiro atoms. The van der Waals surface area contributed by atoms with Crippen LogP contribution in [0.15, 0.2) is 58.7 Å². The lowest BCUT2D eigenvalue weighted by Crippen LogP contribution is -2.25. The van der Waals surface area contributed by atoms with Gasteiger partial charge < -0.3 is 10.1 Å². The average molecular weight is 496 g/mol. The van der Waals surface area contributed by atoms with E-state index in [0.717, 1.165) is 16.9 Å². The maximum absolute atomic E-state index is 13.5. The molecule has 0 aliphatic heterocycles. The summed E-state index contributed by atoms with van der Waals surface area (Å²) in [7, 11) is 0. The second-order valence-electron chi connectivity index (χ2n) is 7.85. The van der Waals surface area contributed by atoms with Crippen LogP contribution in [0, 0.1) is 0 Å². The Morgan fingerprint density at radius 1 is 1.18 bits per heavy atom. The van der Waals surface area contributed by atoms with E-state index in [1.807, 2.05) is 12.1 Å². The van der Waals surface area contributed by atoms with Gasteiger partial charge in [-0.15, -0.1) is 11.3 Å². The highest BCUT2D eigenvalue weighted by Crippen LogP contribution is 2.31. The zero-order valence-corrected chi connectivity index (χ0v) is 20.4. The molecule has 0 atom stereocenters. The van der Waals surface area contributed by atoms with Crippen LogP contribution in [-0.4, -0.2) is 28.3 Å². The third-order valence-corrected chi connectivity index (χ3v) is 6.37. The molecule has 1 N–H and O–H groups in total. The molecule has 0 aliphatic rings. The summed E-state index contributed by atoms with van der Waals surface area (Å²) in [6.07, 6.45) is 0. The molecule has 0 radical (unpaired) electrons. The lowest BCUT2D eigenvalue weighted by Gasteiger charge is -2.11. The number of benzene rings is 2. The molecule has 4 rings (SSSR count). The number of halogens is 1. The molecule has 0 fully saturated rings. The van der Waals surface area contributed by atoms with Gasteiger partial charge >= 0.3 is 5.97 Å². The molecule has 0 saturated carbocycles. The van der Waals surface area contributed by atoms with Gasteiger partial charge in [0.25, 0.3) is 11.5 Å². The summed E-state index contributed by atoms with van der Waals surface area (Å²) in [5, 5.41) is 9.97. The smallest absolute Gasteiger partial charge is 0.359 e. The van der Waals surface area contributed by atoms with E-state index in [4.69, 9.17) is 16.3 Å². The van der Waals surface area contributed by atoms with Crippen LogP contribution in [0.5, 0.6) is 0 Å². The first-order valence-electron chi connectivity index (χ1n) is 10.7. The fourth-order valence-electron chi connectivity index (χ4n) is 3.47. The molecule has 34 heavy (non-hydrogen) atoms. The molecule has 2 aromatic carbocycles. The minimum atomic E-state index is -0.648. The molecule has 0 saturated heterocycles. The van der Waals surface area contributed by atoms with Crippen molar-refractivity contribution in [2.75, 3.05) is 11.9 Å². The van der Waals surface area contributed by atoms with Gasteiger partial charge in [0.1, 0.15) is 5.00 Å². The maximum Gasteiger partial charge on any atom is 0.359 e. The molecule has 1 amide bonds. The third-order valence-electron chi connectivity index (χ3n) is 5.24. The van der Waals surface area contributed by atoms with Crippen LogP contribution < -0.4 is 10.9 Å². The minimum absolute atomic E-state index is 0.00360. The average Bonchev–Trinajstić information content (AvgIpc) is 3.23. The largest absolute Gasteiger partial charge is 0.461 e.